The highest BCUT2D eigenvalue weighted by atomic mass is 16.7. The molecule has 0 aromatic rings. The molecule has 1 aliphatic rings. The Hall–Kier alpha value is -0.810. The summed E-state index contributed by atoms with van der Waals surface area (Å²) in [4.78, 5) is 0. The number of nitrogens with two attached hydrogens (primary N) is 1. The molecule has 5 heteroatoms. The Kier molecular flexibility index (Phi) is 1.78. The summed E-state index contributed by atoms with van der Waals surface area (Å²) in [5, 5.41) is 11.1. The fraction of sp³-hybridized carbons (Fsp3) is 0.800. The fourth-order valence-electron chi connectivity index (χ4n) is 0.753. The first-order valence-electron chi connectivity index (χ1n) is 2.95. The third-order valence-electron chi connectivity index (χ3n) is 1.41. The average Bonchev–Trinajstić information content (AvgIpc) is 2.36. The highest BCUT2D eigenvalue weighted by Crippen LogP contribution is 2.17. The van der Waals surface area contributed by atoms with Crippen molar-refractivity contribution >= 4 is 5.84 Å². The minimum atomic E-state index is -1.02. The quantitative estimate of drug-likeness (QED) is 0.226. The van der Waals surface area contributed by atoms with E-state index in [4.69, 9.17) is 20.4 Å². The van der Waals surface area contributed by atoms with Crippen LogP contribution in [0.15, 0.2) is 5.16 Å². The maximum Gasteiger partial charge on any atom is 0.228 e. The first-order valence-corrected chi connectivity index (χ1v) is 2.95. The molecule has 0 atom stereocenters. The smallest absolute Gasteiger partial charge is 0.228 e. The van der Waals surface area contributed by atoms with Crippen LogP contribution in [-0.4, -0.2) is 30.0 Å². The van der Waals surface area contributed by atoms with Gasteiger partial charge in [-0.25, -0.2) is 0 Å². The Morgan fingerprint density at radius 2 is 2.10 bits per heavy atom. The van der Waals surface area contributed by atoms with E-state index in [0.717, 1.165) is 0 Å². The molecule has 0 aromatic heterocycles. The van der Waals surface area contributed by atoms with E-state index in [0.29, 0.717) is 13.2 Å². The molecule has 5 nitrogen and oxygen atoms in total. The van der Waals surface area contributed by atoms with E-state index in [2.05, 4.69) is 5.16 Å². The first-order chi connectivity index (χ1) is 4.69. The standard InChI is InChI=1S/C5H10N2O3/c1-5(4(6)7-8)9-2-3-10-5/h8H,2-3H2,1H3,(H2,6,7). The van der Waals surface area contributed by atoms with Crippen LogP contribution in [0.4, 0.5) is 0 Å². The number of hydrogen-bond donors (Lipinski definition) is 2. The molecule has 1 fully saturated rings. The number of amidine groups is 1. The van der Waals surface area contributed by atoms with Crippen LogP contribution in [0, 0.1) is 0 Å². The monoisotopic (exact) mass is 146 g/mol. The largest absolute Gasteiger partial charge is 0.409 e. The molecule has 0 amide bonds. The number of oxime groups is 1. The molecule has 1 saturated heterocycles. The van der Waals surface area contributed by atoms with Crippen molar-refractivity contribution in [2.24, 2.45) is 10.9 Å². The van der Waals surface area contributed by atoms with E-state index >= 15 is 0 Å². The highest BCUT2D eigenvalue weighted by molar-refractivity contribution is 5.86. The van der Waals surface area contributed by atoms with Crippen molar-refractivity contribution in [1.29, 1.82) is 0 Å². The van der Waals surface area contributed by atoms with Crippen LogP contribution in [0.2, 0.25) is 0 Å². The maximum atomic E-state index is 8.26. The van der Waals surface area contributed by atoms with Crippen molar-refractivity contribution in [3.63, 3.8) is 0 Å². The van der Waals surface area contributed by atoms with Gasteiger partial charge in [0.1, 0.15) is 0 Å². The van der Waals surface area contributed by atoms with Gasteiger partial charge in [0, 0.05) is 0 Å². The fourth-order valence-corrected chi connectivity index (χ4v) is 0.753. The second kappa shape index (κ2) is 2.43. The van der Waals surface area contributed by atoms with Crippen LogP contribution in [0.3, 0.4) is 0 Å². The van der Waals surface area contributed by atoms with Crippen LogP contribution < -0.4 is 5.73 Å². The van der Waals surface area contributed by atoms with Gasteiger partial charge < -0.3 is 20.4 Å². The van der Waals surface area contributed by atoms with Crippen molar-refractivity contribution in [1.82, 2.24) is 0 Å². The molecule has 0 saturated carbocycles. The van der Waals surface area contributed by atoms with Crippen LogP contribution in [0.1, 0.15) is 6.92 Å². The Morgan fingerprint density at radius 1 is 1.60 bits per heavy atom. The van der Waals surface area contributed by atoms with E-state index in [1.165, 1.54) is 0 Å². The van der Waals surface area contributed by atoms with Crippen molar-refractivity contribution in [2.45, 2.75) is 12.7 Å². The summed E-state index contributed by atoms with van der Waals surface area (Å²) in [5.74, 6) is -1.07. The Morgan fingerprint density at radius 3 is 2.50 bits per heavy atom. The zero-order valence-electron chi connectivity index (χ0n) is 5.70. The molecular formula is C5H10N2O3. The van der Waals surface area contributed by atoms with Gasteiger partial charge in [0.15, 0.2) is 5.84 Å². The predicted molar refractivity (Wildman–Crippen MR) is 33.7 cm³/mol. The number of rotatable bonds is 1. The number of hydrogen-bond acceptors (Lipinski definition) is 4. The summed E-state index contributed by atoms with van der Waals surface area (Å²) in [6.07, 6.45) is 0. The average molecular weight is 146 g/mol. The van der Waals surface area contributed by atoms with E-state index in [1.54, 1.807) is 6.92 Å². The molecule has 10 heavy (non-hydrogen) atoms. The zero-order chi connectivity index (χ0) is 7.61. The van der Waals surface area contributed by atoms with Gasteiger partial charge in [0.05, 0.1) is 13.2 Å². The van der Waals surface area contributed by atoms with Gasteiger partial charge in [-0.15, -0.1) is 0 Å². The summed E-state index contributed by atoms with van der Waals surface area (Å²) in [5.41, 5.74) is 5.26. The van der Waals surface area contributed by atoms with Gasteiger partial charge in [0.2, 0.25) is 5.79 Å². The minimum Gasteiger partial charge on any atom is -0.409 e. The molecule has 1 heterocycles. The third-order valence-corrected chi connectivity index (χ3v) is 1.41. The van der Waals surface area contributed by atoms with Crippen molar-refractivity contribution in [2.75, 3.05) is 13.2 Å². The van der Waals surface area contributed by atoms with Crippen LogP contribution >= 0.6 is 0 Å². The zero-order valence-corrected chi connectivity index (χ0v) is 5.70. The van der Waals surface area contributed by atoms with Crippen LogP contribution in [0.5, 0.6) is 0 Å². The third kappa shape index (κ3) is 1.05. The number of nitrogens with zero attached hydrogens (tertiary/aromatic N) is 1. The molecule has 0 aromatic carbocycles. The SMILES string of the molecule is CC1(/C(N)=N/O)OCCO1. The highest BCUT2D eigenvalue weighted by Gasteiger charge is 2.35. The molecule has 0 aliphatic carbocycles. The van der Waals surface area contributed by atoms with Gasteiger partial charge in [-0.1, -0.05) is 5.16 Å². The molecule has 58 valence electrons. The Balaban J connectivity index is 2.67. The molecule has 1 aliphatic heterocycles. The van der Waals surface area contributed by atoms with E-state index < -0.39 is 5.79 Å². The van der Waals surface area contributed by atoms with E-state index in [-0.39, 0.29) is 5.84 Å². The summed E-state index contributed by atoms with van der Waals surface area (Å²) in [6.45, 7) is 2.56. The van der Waals surface area contributed by atoms with Gasteiger partial charge in [-0.05, 0) is 6.92 Å². The molecule has 0 unspecified atom stereocenters. The van der Waals surface area contributed by atoms with E-state index in [1.807, 2.05) is 0 Å². The predicted octanol–water partition coefficient (Wildman–Crippen LogP) is -0.504. The minimum absolute atomic E-state index is 0.0509. The van der Waals surface area contributed by atoms with Gasteiger partial charge in [0.25, 0.3) is 0 Å². The Labute approximate surface area is 58.4 Å². The van der Waals surface area contributed by atoms with Gasteiger partial charge in [-0.2, -0.15) is 0 Å². The Bertz CT molecular complexity index is 151. The summed E-state index contributed by atoms with van der Waals surface area (Å²) < 4.78 is 10.1. The van der Waals surface area contributed by atoms with Crippen molar-refractivity contribution in [3.8, 4) is 0 Å². The summed E-state index contributed by atoms with van der Waals surface area (Å²) in [7, 11) is 0. The molecule has 1 rings (SSSR count). The van der Waals surface area contributed by atoms with Crippen LogP contribution in [-0.2, 0) is 9.47 Å². The molecule has 0 bridgehead atoms. The molecule has 0 radical (unpaired) electrons. The van der Waals surface area contributed by atoms with Crippen LogP contribution in [0.25, 0.3) is 0 Å². The summed E-state index contributed by atoms with van der Waals surface area (Å²) in [6, 6.07) is 0. The lowest BCUT2D eigenvalue weighted by Crippen LogP contribution is -2.42. The lowest BCUT2D eigenvalue weighted by atomic mass is 10.3. The lowest BCUT2D eigenvalue weighted by Gasteiger charge is -2.19. The lowest BCUT2D eigenvalue weighted by molar-refractivity contribution is -0.0842. The molecule has 0 spiro atoms. The second-order valence-corrected chi connectivity index (χ2v) is 2.13. The molecular weight excluding hydrogens is 136 g/mol. The van der Waals surface area contributed by atoms with E-state index in [9.17, 15) is 0 Å². The maximum absolute atomic E-state index is 8.26. The number of ether oxygens (including phenoxy) is 2. The van der Waals surface area contributed by atoms with Crippen molar-refractivity contribution in [3.05, 3.63) is 0 Å². The topological polar surface area (TPSA) is 77.1 Å². The second-order valence-electron chi connectivity index (χ2n) is 2.13. The normalized spacial score (nSPS) is 25.1. The molecule has 3 N–H and O–H groups in total. The first kappa shape index (κ1) is 7.30. The van der Waals surface area contributed by atoms with Gasteiger partial charge in [-0.3, -0.25) is 0 Å². The van der Waals surface area contributed by atoms with Crippen molar-refractivity contribution < 1.29 is 14.7 Å². The summed E-state index contributed by atoms with van der Waals surface area (Å²) >= 11 is 0. The van der Waals surface area contributed by atoms with Gasteiger partial charge >= 0.3 is 0 Å².